The molecule has 2 aromatic rings. The van der Waals surface area contributed by atoms with E-state index in [0.717, 1.165) is 16.7 Å². The van der Waals surface area contributed by atoms with Crippen LogP contribution in [-0.2, 0) is 9.53 Å². The molecule has 0 radical (unpaired) electrons. The average Bonchev–Trinajstić information content (AvgIpc) is 2.81. The van der Waals surface area contributed by atoms with E-state index < -0.39 is 12.0 Å². The Morgan fingerprint density at radius 2 is 1.60 bits per heavy atom. The van der Waals surface area contributed by atoms with Crippen LogP contribution in [0.25, 0.3) is 0 Å². The molecule has 0 aromatic heterocycles. The predicted octanol–water partition coefficient (Wildman–Crippen LogP) is 2.77. The van der Waals surface area contributed by atoms with Crippen LogP contribution in [0.2, 0.25) is 0 Å². The maximum atomic E-state index is 12.2. The summed E-state index contributed by atoms with van der Waals surface area (Å²) < 4.78 is 4.94. The van der Waals surface area contributed by atoms with Gasteiger partial charge in [0.05, 0.1) is 19.1 Å². The minimum Gasteiger partial charge on any atom is -0.469 e. The van der Waals surface area contributed by atoms with Crippen LogP contribution in [0, 0.1) is 0 Å². The second-order valence-corrected chi connectivity index (χ2v) is 5.01. The van der Waals surface area contributed by atoms with Crippen molar-refractivity contribution in [1.82, 2.24) is 0 Å². The van der Waals surface area contributed by atoms with E-state index in [4.69, 9.17) is 4.74 Å². The Morgan fingerprint density at radius 3 is 2.25 bits per heavy atom. The third-order valence-corrected chi connectivity index (χ3v) is 3.99. The minimum atomic E-state index is -0.683. The number of ether oxygens (including phenoxy) is 1. The Kier molecular flexibility index (Phi) is 3.28. The number of aliphatic hydroxyl groups is 1. The lowest BCUT2D eigenvalue weighted by atomic mass is 9.85. The van der Waals surface area contributed by atoms with Gasteiger partial charge in [0, 0.05) is 5.92 Å². The second kappa shape index (κ2) is 5.10. The van der Waals surface area contributed by atoms with Crippen molar-refractivity contribution >= 4 is 5.97 Å². The first-order valence-corrected chi connectivity index (χ1v) is 6.63. The second-order valence-electron chi connectivity index (χ2n) is 5.01. The molecule has 0 aliphatic heterocycles. The molecule has 1 aliphatic carbocycles. The first-order valence-electron chi connectivity index (χ1n) is 6.63. The largest absolute Gasteiger partial charge is 0.469 e. The lowest BCUT2D eigenvalue weighted by molar-refractivity contribution is -0.143. The monoisotopic (exact) mass is 268 g/mol. The molecule has 0 heterocycles. The molecular formula is C17H16O3. The van der Waals surface area contributed by atoms with Crippen molar-refractivity contribution < 1.29 is 14.6 Å². The SMILES string of the molecule is COC(=O)[C@@H]1c2ccccc2[C@@H](O)[C@H]1c1ccccc1. The van der Waals surface area contributed by atoms with Gasteiger partial charge in [0.25, 0.3) is 0 Å². The molecular weight excluding hydrogens is 252 g/mol. The number of carbonyl (C=O) groups excluding carboxylic acids is 1. The molecule has 1 aliphatic rings. The molecule has 0 unspecified atom stereocenters. The van der Waals surface area contributed by atoms with Crippen LogP contribution in [0.15, 0.2) is 54.6 Å². The van der Waals surface area contributed by atoms with Gasteiger partial charge >= 0.3 is 5.97 Å². The zero-order valence-electron chi connectivity index (χ0n) is 11.2. The van der Waals surface area contributed by atoms with Gasteiger partial charge in [-0.3, -0.25) is 4.79 Å². The molecule has 1 N–H and O–H groups in total. The van der Waals surface area contributed by atoms with Crippen molar-refractivity contribution in [3.63, 3.8) is 0 Å². The Balaban J connectivity index is 2.12. The molecule has 0 saturated heterocycles. The highest BCUT2D eigenvalue weighted by molar-refractivity contribution is 5.82. The standard InChI is InChI=1S/C17H16O3/c1-20-17(19)15-12-9-5-6-10-13(12)16(18)14(15)11-7-3-2-4-8-11/h2-10,14-16,18H,1H3/t14-,15+,16+/m0/s1. The summed E-state index contributed by atoms with van der Waals surface area (Å²) in [6.45, 7) is 0. The van der Waals surface area contributed by atoms with E-state index in [0.29, 0.717) is 0 Å². The van der Waals surface area contributed by atoms with Gasteiger partial charge in [0.15, 0.2) is 0 Å². The zero-order valence-corrected chi connectivity index (χ0v) is 11.2. The lowest BCUT2D eigenvalue weighted by Gasteiger charge is -2.21. The zero-order chi connectivity index (χ0) is 14.1. The van der Waals surface area contributed by atoms with Crippen molar-refractivity contribution in [2.24, 2.45) is 0 Å². The van der Waals surface area contributed by atoms with Crippen molar-refractivity contribution in [2.75, 3.05) is 7.11 Å². The number of fused-ring (bicyclic) bond motifs is 1. The van der Waals surface area contributed by atoms with Gasteiger partial charge in [-0.1, -0.05) is 54.6 Å². The van der Waals surface area contributed by atoms with Gasteiger partial charge < -0.3 is 9.84 Å². The molecule has 2 aromatic carbocycles. The molecule has 20 heavy (non-hydrogen) atoms. The number of hydrogen-bond donors (Lipinski definition) is 1. The summed E-state index contributed by atoms with van der Waals surface area (Å²) in [7, 11) is 1.39. The summed E-state index contributed by atoms with van der Waals surface area (Å²) >= 11 is 0. The lowest BCUT2D eigenvalue weighted by Crippen LogP contribution is -2.19. The summed E-state index contributed by atoms with van der Waals surface area (Å²) in [5, 5.41) is 10.6. The molecule has 102 valence electrons. The first-order chi connectivity index (χ1) is 9.74. The van der Waals surface area contributed by atoms with E-state index in [-0.39, 0.29) is 11.9 Å². The highest BCUT2D eigenvalue weighted by atomic mass is 16.5. The van der Waals surface area contributed by atoms with Gasteiger partial charge in [-0.2, -0.15) is 0 Å². The summed E-state index contributed by atoms with van der Waals surface area (Å²) in [5.74, 6) is -1.04. The number of carbonyl (C=O) groups is 1. The number of methoxy groups -OCH3 is 1. The molecule has 3 rings (SSSR count). The van der Waals surface area contributed by atoms with Crippen molar-refractivity contribution in [2.45, 2.75) is 17.9 Å². The Labute approximate surface area is 117 Å². The number of aliphatic hydroxyl groups excluding tert-OH is 1. The number of rotatable bonds is 2. The fourth-order valence-corrected chi connectivity index (χ4v) is 3.08. The van der Waals surface area contributed by atoms with E-state index in [1.807, 2.05) is 54.6 Å². The van der Waals surface area contributed by atoms with Crippen LogP contribution in [0.3, 0.4) is 0 Å². The summed E-state index contributed by atoms with van der Waals surface area (Å²) in [5.41, 5.74) is 2.63. The first kappa shape index (κ1) is 12.9. The van der Waals surface area contributed by atoms with Crippen molar-refractivity contribution in [3.05, 3.63) is 71.3 Å². The van der Waals surface area contributed by atoms with Gasteiger partial charge in [-0.25, -0.2) is 0 Å². The molecule has 0 bridgehead atoms. The van der Waals surface area contributed by atoms with E-state index in [9.17, 15) is 9.90 Å². The van der Waals surface area contributed by atoms with Gasteiger partial charge in [0.2, 0.25) is 0 Å². The fourth-order valence-electron chi connectivity index (χ4n) is 3.08. The third-order valence-electron chi connectivity index (χ3n) is 3.99. The Morgan fingerprint density at radius 1 is 1.00 bits per heavy atom. The van der Waals surface area contributed by atoms with Gasteiger partial charge in [0.1, 0.15) is 0 Å². The molecule has 0 spiro atoms. The number of benzene rings is 2. The number of esters is 1. The van der Waals surface area contributed by atoms with Crippen LogP contribution < -0.4 is 0 Å². The predicted molar refractivity (Wildman–Crippen MR) is 75.3 cm³/mol. The topological polar surface area (TPSA) is 46.5 Å². The normalized spacial score (nSPS) is 24.2. The molecule has 3 heteroatoms. The van der Waals surface area contributed by atoms with E-state index in [1.165, 1.54) is 7.11 Å². The van der Waals surface area contributed by atoms with Crippen LogP contribution in [0.5, 0.6) is 0 Å². The molecule has 3 atom stereocenters. The van der Waals surface area contributed by atoms with E-state index >= 15 is 0 Å². The molecule has 3 nitrogen and oxygen atoms in total. The third kappa shape index (κ3) is 1.91. The Bertz CT molecular complexity index is 621. The molecule has 0 saturated carbocycles. The smallest absolute Gasteiger partial charge is 0.313 e. The van der Waals surface area contributed by atoms with Crippen molar-refractivity contribution in [1.29, 1.82) is 0 Å². The summed E-state index contributed by atoms with van der Waals surface area (Å²) in [6, 6.07) is 17.2. The van der Waals surface area contributed by atoms with Crippen LogP contribution >= 0.6 is 0 Å². The van der Waals surface area contributed by atoms with Crippen LogP contribution in [0.1, 0.15) is 34.6 Å². The highest BCUT2D eigenvalue weighted by Gasteiger charge is 2.44. The molecule has 0 fully saturated rings. The van der Waals surface area contributed by atoms with Gasteiger partial charge in [-0.05, 0) is 16.7 Å². The van der Waals surface area contributed by atoms with Crippen LogP contribution in [-0.4, -0.2) is 18.2 Å². The Hall–Kier alpha value is -2.13. The van der Waals surface area contributed by atoms with E-state index in [1.54, 1.807) is 0 Å². The quantitative estimate of drug-likeness (QED) is 0.852. The maximum Gasteiger partial charge on any atom is 0.313 e. The van der Waals surface area contributed by atoms with Crippen LogP contribution in [0.4, 0.5) is 0 Å². The van der Waals surface area contributed by atoms with Gasteiger partial charge in [-0.15, -0.1) is 0 Å². The van der Waals surface area contributed by atoms with E-state index in [2.05, 4.69) is 0 Å². The fraction of sp³-hybridized carbons (Fsp3) is 0.235. The average molecular weight is 268 g/mol. The van der Waals surface area contributed by atoms with Crippen molar-refractivity contribution in [3.8, 4) is 0 Å². The molecule has 0 amide bonds. The summed E-state index contributed by atoms with van der Waals surface area (Å²) in [4.78, 5) is 12.2. The minimum absolute atomic E-state index is 0.291. The summed E-state index contributed by atoms with van der Waals surface area (Å²) in [6.07, 6.45) is -0.683. The number of hydrogen-bond acceptors (Lipinski definition) is 3. The highest BCUT2D eigenvalue weighted by Crippen LogP contribution is 2.51. The maximum absolute atomic E-state index is 12.2.